The van der Waals surface area contributed by atoms with Crippen LogP contribution in [-0.4, -0.2) is 126 Å². The minimum absolute atomic E-state index is 0.0182. The number of nitrogens with one attached hydrogen (secondary N) is 4. The summed E-state index contributed by atoms with van der Waals surface area (Å²) in [6.45, 7) is 5.83. The van der Waals surface area contributed by atoms with Crippen molar-refractivity contribution in [2.45, 2.75) is 103 Å². The number of carboxylic acids is 1. The van der Waals surface area contributed by atoms with Crippen LogP contribution < -0.4 is 0 Å². The lowest BCUT2D eigenvalue weighted by atomic mass is 9.97. The number of alkyl halides is 10. The van der Waals surface area contributed by atoms with Crippen molar-refractivity contribution < 1.29 is 63.4 Å². The molecular weight excluding hydrogens is 1380 g/mol. The number of hydrogen-bond acceptors (Lipinski definition) is 15. The lowest BCUT2D eigenvalue weighted by Crippen LogP contribution is -2.35. The zero-order chi connectivity index (χ0) is 74.6. The summed E-state index contributed by atoms with van der Waals surface area (Å²) in [7, 11) is 0. The molecule has 6 aromatic heterocycles. The molecule has 5 N–H and O–H groups in total. The number of carbonyl (C=O) groups excluding carboxylic acids is 2. The van der Waals surface area contributed by atoms with E-state index >= 15 is 0 Å². The fraction of sp³-hybridized carbons (Fsp3) is 0.219. The van der Waals surface area contributed by atoms with Crippen LogP contribution in [0.2, 0.25) is 0 Å². The van der Waals surface area contributed by atoms with Crippen LogP contribution in [0, 0.1) is 0 Å². The average molecular weight is 1450 g/mol. The summed E-state index contributed by atoms with van der Waals surface area (Å²) in [6.07, 6.45) is -8.62. The lowest BCUT2D eigenvalue weighted by Gasteiger charge is -2.19. The number of rotatable bonds is 24. The smallest absolute Gasteiger partial charge is 0.459 e. The molecule has 0 bridgehead atoms. The molecule has 32 heteroatoms. The molecule has 0 amide bonds. The molecule has 13 rings (SSSR count). The third-order valence-electron chi connectivity index (χ3n) is 16.6. The van der Waals surface area contributed by atoms with E-state index in [9.17, 15) is 63.4 Å². The molecule has 0 spiro atoms. The van der Waals surface area contributed by atoms with E-state index in [0.717, 1.165) is 85.3 Å². The van der Waals surface area contributed by atoms with Crippen molar-refractivity contribution in [3.05, 3.63) is 239 Å². The number of halogens is 10. The maximum atomic E-state index is 14.2. The number of Topliss-reactive ketones (excluding diaryl/α,β-unsaturated/α-hetero) is 1. The zero-order valence-electron chi connectivity index (χ0n) is 55.9. The molecule has 22 nitrogen and oxygen atoms in total. The Kier molecular flexibility index (Phi) is 22.3. The van der Waals surface area contributed by atoms with Crippen molar-refractivity contribution in [1.29, 1.82) is 0 Å². The Labute approximate surface area is 590 Å². The minimum Gasteiger partial charge on any atom is -0.477 e. The molecule has 6 heterocycles. The Morgan fingerprint density at radius 3 is 1.25 bits per heavy atom. The van der Waals surface area contributed by atoms with Gasteiger partial charge >= 0.3 is 30.2 Å². The summed E-state index contributed by atoms with van der Waals surface area (Å²) in [5.74, 6) is -11.5. The van der Waals surface area contributed by atoms with Gasteiger partial charge in [0.05, 0.1) is 5.69 Å². The third-order valence-corrected chi connectivity index (χ3v) is 16.6. The first-order chi connectivity index (χ1) is 50.4. The standard InChI is InChI=1S/C27H24N6O.C23H19F5N6O2.C23H19F5N6O/c1-2-8-25-28-26(21-9-4-3-5-10-21)24(18-34)33(25)17-19-13-15-20(16-14-19)22-11-6-7-12-23(22)27-29-31-32-30-27;1-2-5-17-29-19(22(24,25)23(26,27)28)18(21(35)36)34(17)12-13-8-10-14(11-9-13)15-6-3-4-7-16(15)20-30-32-33-31-20;1-2-5-18-29-19(20(30-18)22(24,25)23(26,27)28)17(35)12-13-8-10-14(11-9-13)15-6-3-4-7-16(15)21-31-33-34-32-21/h3-7,9-16,18H,2,8,17H2,1H3,(H,29,30,31,32);3-4,6-11H,2,5,12H2,1H3,(H,35,36)(H,30,31,32,33);3-4,6-11H,2,5,12H2,1H3,(H,29,30)(H,31,32,33,34). The van der Waals surface area contributed by atoms with E-state index in [1.54, 1.807) is 74.5 Å². The zero-order valence-corrected chi connectivity index (χ0v) is 55.9. The van der Waals surface area contributed by atoms with Crippen molar-refractivity contribution in [2.75, 3.05) is 0 Å². The van der Waals surface area contributed by atoms with E-state index < -0.39 is 65.1 Å². The van der Waals surface area contributed by atoms with Gasteiger partial charge in [0.1, 0.15) is 34.6 Å². The quantitative estimate of drug-likeness (QED) is 0.0213. The van der Waals surface area contributed by atoms with Gasteiger partial charge in [0.25, 0.3) is 0 Å². The molecule has 0 aliphatic rings. The first-order valence-electron chi connectivity index (χ1n) is 32.7. The number of carbonyl (C=O) groups is 3. The number of H-pyrrole nitrogens is 4. The van der Waals surface area contributed by atoms with Gasteiger partial charge in [0, 0.05) is 61.0 Å². The number of ketones is 1. The second-order valence-corrected chi connectivity index (χ2v) is 23.8. The van der Waals surface area contributed by atoms with Gasteiger partial charge in [-0.05, 0) is 85.0 Å². The lowest BCUT2D eigenvalue weighted by molar-refractivity contribution is -0.291. The highest BCUT2D eigenvalue weighted by molar-refractivity contribution is 5.97. The molecule has 538 valence electrons. The normalized spacial score (nSPS) is 11.8. The number of aromatic carboxylic acids is 1. The monoisotopic (exact) mass is 1440 g/mol. The number of aromatic nitrogens is 18. The number of aryl methyl sites for hydroxylation is 3. The molecule has 105 heavy (non-hydrogen) atoms. The fourth-order valence-corrected chi connectivity index (χ4v) is 11.7. The highest BCUT2D eigenvalue weighted by atomic mass is 19.4. The van der Waals surface area contributed by atoms with Gasteiger partial charge in [-0.2, -0.15) is 59.5 Å². The van der Waals surface area contributed by atoms with Gasteiger partial charge in [-0.3, -0.25) is 9.59 Å². The van der Waals surface area contributed by atoms with Crippen molar-refractivity contribution in [3.8, 4) is 78.8 Å². The van der Waals surface area contributed by atoms with Gasteiger partial charge in [-0.15, -0.1) is 30.6 Å². The van der Waals surface area contributed by atoms with Crippen molar-refractivity contribution in [3.63, 3.8) is 0 Å². The molecule has 0 aliphatic carbocycles. The van der Waals surface area contributed by atoms with Crippen LogP contribution in [0.3, 0.4) is 0 Å². The molecular formula is C73H62F10N18O4. The van der Waals surface area contributed by atoms with E-state index in [0.29, 0.717) is 64.8 Å². The minimum atomic E-state index is -5.99. The van der Waals surface area contributed by atoms with Crippen molar-refractivity contribution in [2.24, 2.45) is 0 Å². The number of tetrazole rings is 3. The summed E-state index contributed by atoms with van der Waals surface area (Å²) >= 11 is 0. The highest BCUT2D eigenvalue weighted by Crippen LogP contribution is 2.47. The Bertz CT molecular complexity index is 5080. The summed E-state index contributed by atoms with van der Waals surface area (Å²) in [5, 5.41) is 51.8. The van der Waals surface area contributed by atoms with E-state index in [-0.39, 0.29) is 31.0 Å². The number of carboxylic acid groups (broad SMARTS) is 1. The molecule has 0 unspecified atom stereocenters. The van der Waals surface area contributed by atoms with Gasteiger partial charge in [-0.25, -0.2) is 19.7 Å². The van der Waals surface area contributed by atoms with E-state index in [2.05, 4.69) is 103 Å². The second kappa shape index (κ2) is 31.8. The van der Waals surface area contributed by atoms with Gasteiger partial charge in [0.15, 0.2) is 23.5 Å². The molecule has 0 atom stereocenters. The number of aldehydes is 1. The summed E-state index contributed by atoms with van der Waals surface area (Å²) in [6, 6.07) is 54.1. The Balaban J connectivity index is 0.000000157. The molecule has 0 aliphatic heterocycles. The number of hydrogen-bond donors (Lipinski definition) is 5. The third kappa shape index (κ3) is 16.2. The molecule has 13 aromatic rings. The van der Waals surface area contributed by atoms with Crippen LogP contribution in [0.5, 0.6) is 0 Å². The molecule has 0 radical (unpaired) electrons. The average Bonchev–Trinajstić information content (AvgIpc) is 1.61. The SMILES string of the molecule is CCCc1nc(-c2ccccc2)c(C=O)n1Cc1ccc(-c2ccccc2-c2nn[nH]n2)cc1.CCCc1nc(C(=O)Cc2ccc(-c3ccccc3-c3nn[nH]n3)cc2)c(C(F)(F)C(F)(F)F)[nH]1.CCCc1nc(C(F)(F)C(F)(F)F)c(C(=O)O)n1Cc1ccc(-c2ccccc2-c2nn[nH]n2)cc1. The molecule has 0 saturated carbocycles. The van der Waals surface area contributed by atoms with Crippen LogP contribution in [-0.2, 0) is 50.6 Å². The topological polar surface area (TPSA) is 299 Å². The largest absolute Gasteiger partial charge is 0.477 e. The van der Waals surface area contributed by atoms with Crippen LogP contribution in [0.4, 0.5) is 43.9 Å². The van der Waals surface area contributed by atoms with E-state index in [4.69, 9.17) is 4.98 Å². The maximum Gasteiger partial charge on any atom is 0.459 e. The number of benzene rings is 7. The van der Waals surface area contributed by atoms with Gasteiger partial charge in [0.2, 0.25) is 17.5 Å². The van der Waals surface area contributed by atoms with Gasteiger partial charge in [-0.1, -0.05) is 197 Å². The van der Waals surface area contributed by atoms with Crippen LogP contribution >= 0.6 is 0 Å². The summed E-state index contributed by atoms with van der Waals surface area (Å²) in [4.78, 5) is 50.9. The Morgan fingerprint density at radius 2 is 0.857 bits per heavy atom. The maximum absolute atomic E-state index is 14.2. The second-order valence-electron chi connectivity index (χ2n) is 23.8. The predicted octanol–water partition coefficient (Wildman–Crippen LogP) is 15.6. The van der Waals surface area contributed by atoms with Crippen molar-refractivity contribution >= 4 is 18.0 Å². The van der Waals surface area contributed by atoms with Crippen LogP contribution in [0.25, 0.3) is 78.8 Å². The van der Waals surface area contributed by atoms with Crippen LogP contribution in [0.1, 0.15) is 117 Å². The molecule has 7 aromatic carbocycles. The van der Waals surface area contributed by atoms with Crippen LogP contribution in [0.15, 0.2) is 176 Å². The Hall–Kier alpha value is -12.5. The number of imidazole rings is 3. The summed E-state index contributed by atoms with van der Waals surface area (Å²) in [5.41, 5.74) is 6.38. The number of aromatic amines is 4. The Morgan fingerprint density at radius 1 is 0.457 bits per heavy atom. The molecule has 0 saturated heterocycles. The first-order valence-corrected chi connectivity index (χ1v) is 32.7. The van der Waals surface area contributed by atoms with E-state index in [1.165, 1.54) is 0 Å². The summed E-state index contributed by atoms with van der Waals surface area (Å²) < 4.78 is 138. The number of nitrogens with zero attached hydrogens (tertiary/aromatic N) is 14. The van der Waals surface area contributed by atoms with E-state index in [1.807, 2.05) is 101 Å². The fourth-order valence-electron chi connectivity index (χ4n) is 11.7. The first kappa shape index (κ1) is 73.7. The molecule has 0 fully saturated rings. The van der Waals surface area contributed by atoms with Crippen molar-refractivity contribution in [1.82, 2.24) is 90.9 Å². The predicted molar refractivity (Wildman–Crippen MR) is 364 cm³/mol. The highest BCUT2D eigenvalue weighted by Gasteiger charge is 2.63. The van der Waals surface area contributed by atoms with Gasteiger partial charge < -0.3 is 19.2 Å².